The number of hydrogen-bond acceptors (Lipinski definition) is 3. The Morgan fingerprint density at radius 2 is 2.27 bits per heavy atom. The maximum Gasteiger partial charge on any atom is 0.168 e. The average molecular weight is 215 g/mol. The van der Waals surface area contributed by atoms with E-state index in [2.05, 4.69) is 26.0 Å². The van der Waals surface area contributed by atoms with E-state index in [1.165, 1.54) is 0 Å². The fraction of sp³-hybridized carbons (Fsp3) is 0. The molecule has 0 saturated heterocycles. The lowest BCUT2D eigenvalue weighted by atomic mass is 10.3. The minimum absolute atomic E-state index is 0.234. The molecule has 0 atom stereocenters. The predicted molar refractivity (Wildman–Crippen MR) is 46.8 cm³/mol. The first-order chi connectivity index (χ1) is 5.24. The zero-order valence-corrected chi connectivity index (χ0v) is 7.25. The summed E-state index contributed by atoms with van der Waals surface area (Å²) in [7, 11) is 0. The highest BCUT2D eigenvalue weighted by molar-refractivity contribution is 9.10. The van der Waals surface area contributed by atoms with Crippen molar-refractivity contribution >= 4 is 21.8 Å². The molecule has 0 radical (unpaired) electrons. The maximum absolute atomic E-state index is 5.39. The van der Waals surface area contributed by atoms with Crippen LogP contribution in [0.5, 0.6) is 0 Å². The van der Waals surface area contributed by atoms with Gasteiger partial charge in [-0.05, 0) is 28.1 Å². The summed E-state index contributed by atoms with van der Waals surface area (Å²) in [5.41, 5.74) is 5.97. The van der Waals surface area contributed by atoms with Crippen molar-refractivity contribution in [3.05, 3.63) is 28.5 Å². The van der Waals surface area contributed by atoms with Crippen molar-refractivity contribution in [2.24, 2.45) is 16.7 Å². The fourth-order valence-electron chi connectivity index (χ4n) is 0.593. The number of nitrogens with zero attached hydrogens (tertiary/aromatic N) is 2. The molecular weight excluding hydrogens is 208 g/mol. The van der Waals surface area contributed by atoms with Crippen LogP contribution in [0.4, 0.5) is 0 Å². The molecule has 0 aliphatic carbocycles. The van der Waals surface area contributed by atoms with Gasteiger partial charge in [-0.2, -0.15) is 5.10 Å². The molecule has 1 rings (SSSR count). The Labute approximate surface area is 72.4 Å². The molecule has 0 aliphatic rings. The minimum atomic E-state index is 0.234. The van der Waals surface area contributed by atoms with Crippen LogP contribution in [0.3, 0.4) is 0 Å². The predicted octanol–water partition coefficient (Wildman–Crippen LogP) is 0.423. The Morgan fingerprint density at radius 1 is 1.55 bits per heavy atom. The Morgan fingerprint density at radius 3 is 2.73 bits per heavy atom. The van der Waals surface area contributed by atoms with Crippen LogP contribution in [-0.4, -0.2) is 10.8 Å². The van der Waals surface area contributed by atoms with Gasteiger partial charge < -0.3 is 11.6 Å². The molecule has 5 heteroatoms. The maximum atomic E-state index is 5.39. The van der Waals surface area contributed by atoms with Crippen molar-refractivity contribution in [2.75, 3.05) is 0 Å². The first-order valence-corrected chi connectivity index (χ1v) is 3.68. The second-order valence-corrected chi connectivity index (χ2v) is 2.79. The third-order valence-electron chi connectivity index (χ3n) is 1.13. The van der Waals surface area contributed by atoms with Crippen molar-refractivity contribution in [3.8, 4) is 0 Å². The molecule has 0 fully saturated rings. The number of halogens is 1. The molecule has 0 spiro atoms. The normalized spacial score (nSPS) is 11.5. The summed E-state index contributed by atoms with van der Waals surface area (Å²) in [6.07, 6.45) is 1.63. The van der Waals surface area contributed by atoms with Crippen molar-refractivity contribution in [1.29, 1.82) is 0 Å². The number of amidine groups is 1. The monoisotopic (exact) mass is 214 g/mol. The lowest BCUT2D eigenvalue weighted by Gasteiger charge is -1.96. The van der Waals surface area contributed by atoms with E-state index in [1.54, 1.807) is 12.3 Å². The summed E-state index contributed by atoms with van der Waals surface area (Å²) >= 11 is 3.24. The Hall–Kier alpha value is -1.10. The van der Waals surface area contributed by atoms with Gasteiger partial charge in [0.25, 0.3) is 0 Å². The molecule has 0 saturated carbocycles. The first-order valence-electron chi connectivity index (χ1n) is 2.89. The van der Waals surface area contributed by atoms with Crippen molar-refractivity contribution < 1.29 is 0 Å². The van der Waals surface area contributed by atoms with E-state index < -0.39 is 0 Å². The molecule has 0 aliphatic heterocycles. The van der Waals surface area contributed by atoms with Crippen molar-refractivity contribution in [2.45, 2.75) is 0 Å². The molecule has 0 unspecified atom stereocenters. The molecule has 1 aromatic rings. The van der Waals surface area contributed by atoms with Gasteiger partial charge in [-0.3, -0.25) is 4.98 Å². The van der Waals surface area contributed by atoms with Crippen molar-refractivity contribution in [1.82, 2.24) is 4.98 Å². The highest BCUT2D eigenvalue weighted by atomic mass is 79.9. The van der Waals surface area contributed by atoms with E-state index in [9.17, 15) is 0 Å². The van der Waals surface area contributed by atoms with Crippen LogP contribution in [0.15, 0.2) is 27.9 Å². The molecular formula is C6H7BrN4. The summed E-state index contributed by atoms with van der Waals surface area (Å²) in [6.45, 7) is 0. The van der Waals surface area contributed by atoms with Crippen LogP contribution in [0.2, 0.25) is 0 Å². The third-order valence-corrected chi connectivity index (χ3v) is 1.60. The molecule has 0 aromatic carbocycles. The summed E-state index contributed by atoms with van der Waals surface area (Å²) < 4.78 is 0.895. The molecule has 11 heavy (non-hydrogen) atoms. The van der Waals surface area contributed by atoms with Gasteiger partial charge in [-0.15, -0.1) is 0 Å². The largest absolute Gasteiger partial charge is 0.380 e. The number of pyridine rings is 1. The smallest absolute Gasteiger partial charge is 0.168 e. The highest BCUT2D eigenvalue weighted by Crippen LogP contribution is 2.06. The van der Waals surface area contributed by atoms with Gasteiger partial charge >= 0.3 is 0 Å². The molecule has 0 amide bonds. The van der Waals surface area contributed by atoms with Gasteiger partial charge in [0.05, 0.1) is 0 Å². The number of hydrazone groups is 1. The zero-order valence-electron chi connectivity index (χ0n) is 5.66. The number of hydrogen-bond donors (Lipinski definition) is 2. The Bertz CT molecular complexity index is 266. The fourth-order valence-corrected chi connectivity index (χ4v) is 0.828. The van der Waals surface area contributed by atoms with Crippen LogP contribution in [0, 0.1) is 0 Å². The molecule has 4 nitrogen and oxygen atoms in total. The Kier molecular flexibility index (Phi) is 2.43. The molecule has 4 N–H and O–H groups in total. The van der Waals surface area contributed by atoms with E-state index in [4.69, 9.17) is 11.6 Å². The highest BCUT2D eigenvalue weighted by Gasteiger charge is 1.97. The lowest BCUT2D eigenvalue weighted by Crippen LogP contribution is -2.16. The van der Waals surface area contributed by atoms with E-state index in [0.29, 0.717) is 5.69 Å². The number of aromatic nitrogens is 1. The average Bonchev–Trinajstić information content (AvgIpc) is 2.05. The minimum Gasteiger partial charge on any atom is -0.380 e. The summed E-state index contributed by atoms with van der Waals surface area (Å²) in [5, 5.41) is 3.31. The van der Waals surface area contributed by atoms with Crippen LogP contribution >= 0.6 is 15.9 Å². The molecule has 58 valence electrons. The zero-order chi connectivity index (χ0) is 8.27. The van der Waals surface area contributed by atoms with Gasteiger partial charge in [0.1, 0.15) is 5.69 Å². The van der Waals surface area contributed by atoms with Crippen LogP contribution in [-0.2, 0) is 0 Å². The topological polar surface area (TPSA) is 77.3 Å². The van der Waals surface area contributed by atoms with E-state index >= 15 is 0 Å². The van der Waals surface area contributed by atoms with Gasteiger partial charge in [0, 0.05) is 10.7 Å². The summed E-state index contributed by atoms with van der Waals surface area (Å²) in [5.74, 6) is 5.19. The molecule has 0 bridgehead atoms. The SMILES string of the molecule is NN=C(N)c1ccc(Br)cn1. The van der Waals surface area contributed by atoms with Crippen LogP contribution in [0.1, 0.15) is 5.69 Å². The first kappa shape index (κ1) is 8.00. The number of rotatable bonds is 1. The van der Waals surface area contributed by atoms with Gasteiger partial charge in [0.15, 0.2) is 5.84 Å². The van der Waals surface area contributed by atoms with Crippen LogP contribution < -0.4 is 11.6 Å². The van der Waals surface area contributed by atoms with E-state index in [-0.39, 0.29) is 5.84 Å². The number of nitrogens with two attached hydrogens (primary N) is 2. The second kappa shape index (κ2) is 3.34. The molecule has 1 heterocycles. The van der Waals surface area contributed by atoms with E-state index in [0.717, 1.165) is 4.47 Å². The quantitative estimate of drug-likeness (QED) is 0.308. The van der Waals surface area contributed by atoms with Gasteiger partial charge in [-0.25, -0.2) is 0 Å². The second-order valence-electron chi connectivity index (χ2n) is 1.88. The summed E-state index contributed by atoms with van der Waals surface area (Å²) in [6, 6.07) is 3.55. The third kappa shape index (κ3) is 1.91. The molecule has 1 aromatic heterocycles. The van der Waals surface area contributed by atoms with Crippen molar-refractivity contribution in [3.63, 3.8) is 0 Å². The van der Waals surface area contributed by atoms with E-state index in [1.807, 2.05) is 6.07 Å². The van der Waals surface area contributed by atoms with Gasteiger partial charge in [-0.1, -0.05) is 0 Å². The standard InChI is InChI=1S/C6H7BrN4/c7-4-1-2-5(10-3-4)6(8)11-9/h1-3H,9H2,(H2,8,11). The lowest BCUT2D eigenvalue weighted by molar-refractivity contribution is 1.19. The van der Waals surface area contributed by atoms with Crippen LogP contribution in [0.25, 0.3) is 0 Å². The summed E-state index contributed by atoms with van der Waals surface area (Å²) in [4.78, 5) is 3.97. The Balaban J connectivity index is 2.99. The van der Waals surface area contributed by atoms with Gasteiger partial charge in [0.2, 0.25) is 0 Å².